The summed E-state index contributed by atoms with van der Waals surface area (Å²) < 4.78 is 7.27. The molecule has 2 saturated heterocycles. The normalized spacial score (nSPS) is 23.8. The highest BCUT2D eigenvalue weighted by Gasteiger charge is 2.49. The summed E-state index contributed by atoms with van der Waals surface area (Å²) in [6.45, 7) is 4.40. The number of fused-ring (bicyclic) bond motifs is 2. The van der Waals surface area contributed by atoms with Gasteiger partial charge in [0, 0.05) is 25.7 Å². The highest BCUT2D eigenvalue weighted by Crippen LogP contribution is 2.38. The predicted octanol–water partition coefficient (Wildman–Crippen LogP) is 2.56. The van der Waals surface area contributed by atoms with Gasteiger partial charge in [0.2, 0.25) is 5.91 Å². The van der Waals surface area contributed by atoms with Crippen LogP contribution in [-0.4, -0.2) is 44.4 Å². The van der Waals surface area contributed by atoms with Crippen LogP contribution in [0.25, 0.3) is 0 Å². The second-order valence-electron chi connectivity index (χ2n) is 7.27. The maximum absolute atomic E-state index is 12.8. The molecule has 4 rings (SSSR count). The van der Waals surface area contributed by atoms with E-state index in [0.29, 0.717) is 28.9 Å². The molecule has 2 bridgehead atoms. The summed E-state index contributed by atoms with van der Waals surface area (Å²) >= 11 is 6.04. The lowest BCUT2D eigenvalue weighted by atomic mass is 9.95. The average Bonchev–Trinajstić information content (AvgIpc) is 3.38. The summed E-state index contributed by atoms with van der Waals surface area (Å²) in [4.78, 5) is 31.5. The molecule has 2 aromatic rings. The zero-order chi connectivity index (χ0) is 19.1. The van der Waals surface area contributed by atoms with Crippen molar-refractivity contribution in [2.24, 2.45) is 0 Å². The summed E-state index contributed by atoms with van der Waals surface area (Å²) in [5.74, 6) is 1.04. The van der Waals surface area contributed by atoms with Gasteiger partial charge < -0.3 is 19.2 Å². The van der Waals surface area contributed by atoms with Crippen LogP contribution in [0.5, 0.6) is 0 Å². The van der Waals surface area contributed by atoms with Crippen LogP contribution in [0.4, 0.5) is 0 Å². The number of oxazole rings is 1. The van der Waals surface area contributed by atoms with Crippen molar-refractivity contribution in [3.05, 3.63) is 40.8 Å². The number of halogens is 1. The minimum Gasteiger partial charge on any atom is -0.446 e. The largest absolute Gasteiger partial charge is 0.446 e. The van der Waals surface area contributed by atoms with Gasteiger partial charge >= 0.3 is 0 Å². The molecule has 2 aromatic heterocycles. The topological polar surface area (TPSA) is 80.4 Å². The van der Waals surface area contributed by atoms with Crippen molar-refractivity contribution in [2.75, 3.05) is 0 Å². The number of carbonyl (C=O) groups is 2. The lowest BCUT2D eigenvalue weighted by Crippen LogP contribution is -2.46. The van der Waals surface area contributed by atoms with E-state index < -0.39 is 0 Å². The van der Waals surface area contributed by atoms with Gasteiger partial charge in [0.1, 0.15) is 11.5 Å². The van der Waals surface area contributed by atoms with Crippen molar-refractivity contribution in [1.82, 2.24) is 19.8 Å². The SMILES string of the molecule is CCn1cc(Cl)cc1C(=O)N[C@@H]1C[C@H]2CC[C@@H]1N2C(=O)Cc1cnc(C)o1. The smallest absolute Gasteiger partial charge is 0.268 e. The van der Waals surface area contributed by atoms with E-state index in [4.69, 9.17) is 16.0 Å². The first-order chi connectivity index (χ1) is 13.0. The number of nitrogens with zero attached hydrogens (tertiary/aromatic N) is 3. The predicted molar refractivity (Wildman–Crippen MR) is 99.6 cm³/mol. The summed E-state index contributed by atoms with van der Waals surface area (Å²) in [6, 6.07) is 1.87. The van der Waals surface area contributed by atoms with Gasteiger partial charge in [0.05, 0.1) is 29.7 Å². The van der Waals surface area contributed by atoms with Gasteiger partial charge in [-0.1, -0.05) is 11.6 Å². The molecule has 2 aliphatic rings. The monoisotopic (exact) mass is 390 g/mol. The number of hydrogen-bond donors (Lipinski definition) is 1. The second-order valence-corrected chi connectivity index (χ2v) is 7.70. The van der Waals surface area contributed by atoms with Crippen LogP contribution in [0.3, 0.4) is 0 Å². The molecule has 0 radical (unpaired) electrons. The Balaban J connectivity index is 1.44. The number of aromatic nitrogens is 2. The fourth-order valence-corrected chi connectivity index (χ4v) is 4.65. The van der Waals surface area contributed by atoms with Gasteiger partial charge in [-0.15, -0.1) is 0 Å². The highest BCUT2D eigenvalue weighted by molar-refractivity contribution is 6.31. The third kappa shape index (κ3) is 3.36. The molecule has 0 unspecified atom stereocenters. The van der Waals surface area contributed by atoms with Gasteiger partial charge in [0.25, 0.3) is 5.91 Å². The minimum absolute atomic E-state index is 0.0318. The molecule has 0 aliphatic carbocycles. The fraction of sp³-hybridized carbons (Fsp3) is 0.526. The van der Waals surface area contributed by atoms with Crippen LogP contribution in [0.2, 0.25) is 5.02 Å². The molecule has 2 aliphatic heterocycles. The molecule has 4 heterocycles. The molecule has 0 spiro atoms. The first-order valence-corrected chi connectivity index (χ1v) is 9.73. The Hall–Kier alpha value is -2.28. The van der Waals surface area contributed by atoms with E-state index in [0.717, 1.165) is 19.3 Å². The van der Waals surface area contributed by atoms with Gasteiger partial charge in [-0.3, -0.25) is 9.59 Å². The van der Waals surface area contributed by atoms with Gasteiger partial charge in [-0.25, -0.2) is 4.98 Å². The first-order valence-electron chi connectivity index (χ1n) is 9.35. The van der Waals surface area contributed by atoms with E-state index in [-0.39, 0.29) is 36.4 Å². The first kappa shape index (κ1) is 18.1. The van der Waals surface area contributed by atoms with Crippen LogP contribution in [0.1, 0.15) is 48.3 Å². The Kier molecular flexibility index (Phi) is 4.72. The third-order valence-corrected chi connectivity index (χ3v) is 5.78. The van der Waals surface area contributed by atoms with Crippen LogP contribution in [0, 0.1) is 6.92 Å². The van der Waals surface area contributed by atoms with Crippen molar-refractivity contribution in [2.45, 2.75) is 64.2 Å². The number of hydrogen-bond acceptors (Lipinski definition) is 4. The van der Waals surface area contributed by atoms with Gasteiger partial charge in [-0.2, -0.15) is 0 Å². The summed E-state index contributed by atoms with van der Waals surface area (Å²) in [5, 5.41) is 3.67. The number of rotatable bonds is 5. The molecule has 3 atom stereocenters. The van der Waals surface area contributed by atoms with E-state index >= 15 is 0 Å². The van der Waals surface area contributed by atoms with Gasteiger partial charge in [-0.05, 0) is 32.3 Å². The quantitative estimate of drug-likeness (QED) is 0.850. The van der Waals surface area contributed by atoms with E-state index in [1.807, 2.05) is 16.4 Å². The van der Waals surface area contributed by atoms with E-state index in [9.17, 15) is 9.59 Å². The second kappa shape index (κ2) is 7.03. The van der Waals surface area contributed by atoms with E-state index in [1.165, 1.54) is 0 Å². The van der Waals surface area contributed by atoms with Crippen molar-refractivity contribution in [1.29, 1.82) is 0 Å². The maximum Gasteiger partial charge on any atom is 0.268 e. The lowest BCUT2D eigenvalue weighted by Gasteiger charge is -2.25. The standard InChI is InChI=1S/C19H23ClN4O3/c1-3-23-10-12(20)6-17(23)19(26)22-15-7-13-4-5-16(15)24(13)18(25)8-14-9-21-11(2)27-14/h6,9-10,13,15-16H,3-5,7-8H2,1-2H3,(H,22,26)/t13-,15-,16+/m1/s1. The van der Waals surface area contributed by atoms with Gasteiger partial charge in [0.15, 0.2) is 5.89 Å². The van der Waals surface area contributed by atoms with Crippen molar-refractivity contribution >= 4 is 23.4 Å². The fourth-order valence-electron chi connectivity index (χ4n) is 4.43. The zero-order valence-corrected chi connectivity index (χ0v) is 16.2. The molecule has 1 N–H and O–H groups in total. The van der Waals surface area contributed by atoms with Crippen LogP contribution >= 0.6 is 11.6 Å². The molecule has 2 fully saturated rings. The molecule has 27 heavy (non-hydrogen) atoms. The van der Waals surface area contributed by atoms with Crippen LogP contribution in [0.15, 0.2) is 22.9 Å². The summed E-state index contributed by atoms with van der Waals surface area (Å²) in [6.07, 6.45) is 6.25. The molecular formula is C19H23ClN4O3. The minimum atomic E-state index is -0.139. The van der Waals surface area contributed by atoms with E-state index in [1.54, 1.807) is 25.4 Å². The highest BCUT2D eigenvalue weighted by atomic mass is 35.5. The summed E-state index contributed by atoms with van der Waals surface area (Å²) in [7, 11) is 0. The summed E-state index contributed by atoms with van der Waals surface area (Å²) in [5.41, 5.74) is 0.556. The van der Waals surface area contributed by atoms with Crippen molar-refractivity contribution in [3.8, 4) is 0 Å². The maximum atomic E-state index is 12.8. The van der Waals surface area contributed by atoms with Crippen molar-refractivity contribution in [3.63, 3.8) is 0 Å². The van der Waals surface area contributed by atoms with Crippen LogP contribution < -0.4 is 5.32 Å². The Morgan fingerprint density at radius 2 is 2.22 bits per heavy atom. The Bertz CT molecular complexity index is 874. The van der Waals surface area contributed by atoms with Crippen molar-refractivity contribution < 1.29 is 14.0 Å². The molecule has 7 nitrogen and oxygen atoms in total. The zero-order valence-electron chi connectivity index (χ0n) is 15.4. The Morgan fingerprint density at radius 3 is 2.93 bits per heavy atom. The van der Waals surface area contributed by atoms with Crippen LogP contribution in [-0.2, 0) is 17.8 Å². The molecule has 2 amide bonds. The number of carbonyl (C=O) groups excluding carboxylic acids is 2. The third-order valence-electron chi connectivity index (χ3n) is 5.57. The molecule has 0 saturated carbocycles. The number of nitrogens with one attached hydrogen (secondary N) is 1. The molecule has 8 heteroatoms. The molecular weight excluding hydrogens is 368 g/mol. The number of aryl methyl sites for hydroxylation is 2. The lowest BCUT2D eigenvalue weighted by molar-refractivity contribution is -0.132. The Labute approximate surface area is 162 Å². The Morgan fingerprint density at radius 1 is 1.41 bits per heavy atom. The average molecular weight is 391 g/mol. The molecule has 144 valence electrons. The van der Waals surface area contributed by atoms with E-state index in [2.05, 4.69) is 10.3 Å². The molecule has 0 aromatic carbocycles. The number of amides is 2.